The number of H-pyrrole nitrogens is 2. The standard InChI is InChI=1S/C30H26FN9O3S/c1-44(42,43)34-13-16-9-18(11-20(31)10-16)25-26-23(7-8-33-25)37-29(38-26)28-27-24(39-40-28)6-5-22(36-27)19-12-21(15-32-14-19)35-30(41)17-3-2-4-17/h5-12,14-15,17,34H,2-4,13H2,1H3,(H,35,41)(H,37,38)(H,39,40). The van der Waals surface area contributed by atoms with Crippen LogP contribution in [0.5, 0.6) is 0 Å². The molecule has 4 N–H and O–H groups in total. The first kappa shape index (κ1) is 27.7. The Morgan fingerprint density at radius 1 is 1.00 bits per heavy atom. The van der Waals surface area contributed by atoms with E-state index in [0.717, 1.165) is 31.1 Å². The molecule has 6 aromatic rings. The lowest BCUT2D eigenvalue weighted by atomic mass is 9.85. The lowest BCUT2D eigenvalue weighted by molar-refractivity contribution is -0.122. The average molecular weight is 612 g/mol. The van der Waals surface area contributed by atoms with Crippen molar-refractivity contribution in [3.63, 3.8) is 0 Å². The summed E-state index contributed by atoms with van der Waals surface area (Å²) in [5.41, 5.74) is 6.16. The normalized spacial score (nSPS) is 13.8. The molecule has 0 aliphatic heterocycles. The van der Waals surface area contributed by atoms with E-state index >= 15 is 0 Å². The summed E-state index contributed by atoms with van der Waals surface area (Å²) < 4.78 is 40.1. The van der Waals surface area contributed by atoms with Crippen LogP contribution in [0, 0.1) is 11.7 Å². The van der Waals surface area contributed by atoms with E-state index in [2.05, 4.69) is 35.2 Å². The van der Waals surface area contributed by atoms with Gasteiger partial charge in [0, 0.05) is 36.0 Å². The molecule has 5 aromatic heterocycles. The summed E-state index contributed by atoms with van der Waals surface area (Å²) in [6.07, 6.45) is 8.82. The number of sulfonamides is 1. The van der Waals surface area contributed by atoms with E-state index in [9.17, 15) is 17.6 Å². The Morgan fingerprint density at radius 2 is 1.84 bits per heavy atom. The Hall–Kier alpha value is -5.08. The summed E-state index contributed by atoms with van der Waals surface area (Å²) in [6.45, 7) is -0.0655. The van der Waals surface area contributed by atoms with Gasteiger partial charge >= 0.3 is 0 Å². The van der Waals surface area contributed by atoms with Gasteiger partial charge in [-0.05, 0) is 60.9 Å². The van der Waals surface area contributed by atoms with E-state index < -0.39 is 15.8 Å². The van der Waals surface area contributed by atoms with Crippen molar-refractivity contribution < 1.29 is 17.6 Å². The summed E-state index contributed by atoms with van der Waals surface area (Å²) in [5, 5.41) is 10.4. The van der Waals surface area contributed by atoms with Gasteiger partial charge in [-0.2, -0.15) is 5.10 Å². The molecule has 1 aliphatic rings. The fourth-order valence-electron chi connectivity index (χ4n) is 5.15. The number of fused-ring (bicyclic) bond motifs is 2. The molecule has 222 valence electrons. The molecule has 0 bridgehead atoms. The van der Waals surface area contributed by atoms with Crippen molar-refractivity contribution in [1.82, 2.24) is 39.8 Å². The Kier molecular flexibility index (Phi) is 6.86. The van der Waals surface area contributed by atoms with Crippen molar-refractivity contribution in [2.75, 3.05) is 11.6 Å². The van der Waals surface area contributed by atoms with Gasteiger partial charge in [0.1, 0.15) is 16.9 Å². The van der Waals surface area contributed by atoms with Crippen LogP contribution >= 0.6 is 0 Å². The molecule has 0 radical (unpaired) electrons. The summed E-state index contributed by atoms with van der Waals surface area (Å²) in [7, 11) is -3.46. The molecule has 1 amide bonds. The molecule has 44 heavy (non-hydrogen) atoms. The maximum Gasteiger partial charge on any atom is 0.227 e. The number of carbonyl (C=O) groups is 1. The highest BCUT2D eigenvalue weighted by Crippen LogP contribution is 2.32. The Bertz CT molecular complexity index is 2170. The molecule has 0 atom stereocenters. The molecule has 0 saturated heterocycles. The van der Waals surface area contributed by atoms with E-state index in [-0.39, 0.29) is 18.4 Å². The number of amides is 1. The third-order valence-electron chi connectivity index (χ3n) is 7.58. The Morgan fingerprint density at radius 3 is 2.64 bits per heavy atom. The van der Waals surface area contributed by atoms with E-state index in [1.165, 1.54) is 12.1 Å². The van der Waals surface area contributed by atoms with E-state index in [0.29, 0.717) is 61.8 Å². The van der Waals surface area contributed by atoms with Gasteiger partial charge < -0.3 is 10.3 Å². The van der Waals surface area contributed by atoms with Crippen LogP contribution in [0.25, 0.3) is 56.1 Å². The van der Waals surface area contributed by atoms with Crippen LogP contribution < -0.4 is 10.0 Å². The summed E-state index contributed by atoms with van der Waals surface area (Å²) >= 11 is 0. The van der Waals surface area contributed by atoms with Crippen molar-refractivity contribution in [3.8, 4) is 34.0 Å². The minimum atomic E-state index is -3.46. The van der Waals surface area contributed by atoms with Crippen LogP contribution in [-0.4, -0.2) is 55.7 Å². The molecule has 12 nitrogen and oxygen atoms in total. The van der Waals surface area contributed by atoms with E-state index in [1.807, 2.05) is 18.2 Å². The highest BCUT2D eigenvalue weighted by atomic mass is 32.2. The van der Waals surface area contributed by atoms with Crippen LogP contribution in [0.1, 0.15) is 24.8 Å². The monoisotopic (exact) mass is 611 g/mol. The molecular weight excluding hydrogens is 585 g/mol. The summed E-state index contributed by atoms with van der Waals surface area (Å²) in [6, 6.07) is 11.6. The zero-order valence-corrected chi connectivity index (χ0v) is 24.2. The van der Waals surface area contributed by atoms with Gasteiger partial charge in [-0.25, -0.2) is 27.5 Å². The minimum absolute atomic E-state index is 0.00881. The number of hydrogen-bond acceptors (Lipinski definition) is 8. The molecule has 1 aliphatic carbocycles. The zero-order chi connectivity index (χ0) is 30.4. The molecule has 1 saturated carbocycles. The molecule has 1 fully saturated rings. The summed E-state index contributed by atoms with van der Waals surface area (Å²) in [4.78, 5) is 34.1. The number of pyridine rings is 3. The van der Waals surface area contributed by atoms with Crippen LogP contribution in [0.2, 0.25) is 0 Å². The number of halogens is 1. The molecule has 14 heteroatoms. The maximum atomic E-state index is 14.6. The highest BCUT2D eigenvalue weighted by Gasteiger charge is 2.25. The SMILES string of the molecule is CS(=O)(=O)NCc1cc(F)cc(-c2nccc3[nH]c(-c4n[nH]c5ccc(-c6cncc(NC(=O)C7CCC7)c6)nc45)nc23)c1. The fraction of sp³-hybridized carbons (Fsp3) is 0.200. The number of nitrogens with zero attached hydrogens (tertiary/aromatic N) is 5. The molecule has 5 heterocycles. The lowest BCUT2D eigenvalue weighted by Crippen LogP contribution is -2.28. The highest BCUT2D eigenvalue weighted by molar-refractivity contribution is 7.88. The average Bonchev–Trinajstić information content (AvgIpc) is 3.58. The third-order valence-corrected chi connectivity index (χ3v) is 8.25. The van der Waals surface area contributed by atoms with Gasteiger partial charge in [0.25, 0.3) is 0 Å². The second kappa shape index (κ2) is 10.9. The number of benzene rings is 1. The first-order valence-corrected chi connectivity index (χ1v) is 15.8. The molecule has 0 unspecified atom stereocenters. The zero-order valence-electron chi connectivity index (χ0n) is 23.4. The van der Waals surface area contributed by atoms with Gasteiger partial charge in [0.2, 0.25) is 15.9 Å². The second-order valence-corrected chi connectivity index (χ2v) is 12.7. The van der Waals surface area contributed by atoms with Crippen LogP contribution in [-0.2, 0) is 21.4 Å². The van der Waals surface area contributed by atoms with Crippen molar-refractivity contribution >= 4 is 43.7 Å². The maximum absolute atomic E-state index is 14.6. The first-order chi connectivity index (χ1) is 21.2. The van der Waals surface area contributed by atoms with E-state index in [1.54, 1.807) is 30.7 Å². The van der Waals surface area contributed by atoms with Gasteiger partial charge in [0.15, 0.2) is 11.5 Å². The van der Waals surface area contributed by atoms with E-state index in [4.69, 9.17) is 9.97 Å². The van der Waals surface area contributed by atoms with Crippen molar-refractivity contribution in [2.24, 2.45) is 5.92 Å². The topological polar surface area (TPSA) is 171 Å². The molecule has 1 aromatic carbocycles. The first-order valence-electron chi connectivity index (χ1n) is 13.9. The number of hydrogen-bond donors (Lipinski definition) is 4. The van der Waals surface area contributed by atoms with Gasteiger partial charge in [-0.1, -0.05) is 6.42 Å². The Labute approximate surface area is 250 Å². The number of aromatic amines is 2. The summed E-state index contributed by atoms with van der Waals surface area (Å²) in [5.74, 6) is -0.0331. The quantitative estimate of drug-likeness (QED) is 0.194. The fourth-order valence-corrected chi connectivity index (χ4v) is 5.58. The Balaban J connectivity index is 1.23. The van der Waals surface area contributed by atoms with Crippen molar-refractivity contribution in [1.29, 1.82) is 0 Å². The van der Waals surface area contributed by atoms with Crippen molar-refractivity contribution in [2.45, 2.75) is 25.8 Å². The molecular formula is C30H26FN9O3S. The molecule has 7 rings (SSSR count). The van der Waals surface area contributed by atoms with Crippen LogP contribution in [0.4, 0.5) is 10.1 Å². The van der Waals surface area contributed by atoms with Gasteiger partial charge in [-0.15, -0.1) is 0 Å². The number of imidazole rings is 1. The number of rotatable bonds is 8. The van der Waals surface area contributed by atoms with Gasteiger partial charge in [0.05, 0.1) is 40.6 Å². The van der Waals surface area contributed by atoms with Crippen LogP contribution in [0.3, 0.4) is 0 Å². The lowest BCUT2D eigenvalue weighted by Gasteiger charge is -2.24. The number of nitrogens with one attached hydrogen (secondary N) is 4. The third kappa shape index (κ3) is 5.52. The predicted octanol–water partition coefficient (Wildman–Crippen LogP) is 4.55. The minimum Gasteiger partial charge on any atom is -0.336 e. The smallest absolute Gasteiger partial charge is 0.227 e. The number of carbonyl (C=O) groups excluding carboxylic acids is 1. The largest absolute Gasteiger partial charge is 0.336 e. The number of aromatic nitrogens is 7. The van der Waals surface area contributed by atoms with Gasteiger partial charge in [-0.3, -0.25) is 19.9 Å². The van der Waals surface area contributed by atoms with Crippen LogP contribution in [0.15, 0.2) is 61.1 Å². The number of anilines is 1. The second-order valence-electron chi connectivity index (χ2n) is 10.8. The molecule has 0 spiro atoms. The van der Waals surface area contributed by atoms with Crippen molar-refractivity contribution in [3.05, 3.63) is 72.4 Å². The predicted molar refractivity (Wildman–Crippen MR) is 163 cm³/mol.